The maximum absolute atomic E-state index is 12.5. The van der Waals surface area contributed by atoms with Crippen LogP contribution in [0.5, 0.6) is 0 Å². The van der Waals surface area contributed by atoms with Gasteiger partial charge in [-0.2, -0.15) is 26.3 Å². The molecule has 0 saturated carbocycles. The van der Waals surface area contributed by atoms with Gasteiger partial charge in [-0.1, -0.05) is 0 Å². The Labute approximate surface area is 224 Å². The number of carbonyl (C=O) groups excluding carboxylic acids is 2. The number of carboxylic acid groups (broad SMARTS) is 1. The van der Waals surface area contributed by atoms with Gasteiger partial charge in [-0.25, -0.2) is 4.79 Å². The average molecular weight is 579 g/mol. The number of nitrogens with two attached hydrogens (primary N) is 1. The number of carbonyl (C=O) groups is 3. The number of halogens is 6. The van der Waals surface area contributed by atoms with Gasteiger partial charge in [-0.3, -0.25) is 24.3 Å². The van der Waals surface area contributed by atoms with Crippen LogP contribution in [0, 0.1) is 0 Å². The van der Waals surface area contributed by atoms with Gasteiger partial charge in [0.05, 0.1) is 19.1 Å². The molecule has 2 fully saturated rings. The first-order chi connectivity index (χ1) is 17.6. The van der Waals surface area contributed by atoms with E-state index in [1.165, 1.54) is 26.5 Å². The maximum Gasteiger partial charge on any atom is 0.408 e. The number of hydrogen-bond acceptors (Lipinski definition) is 6. The van der Waals surface area contributed by atoms with Gasteiger partial charge in [-0.15, -0.1) is 0 Å². The summed E-state index contributed by atoms with van der Waals surface area (Å²) in [6.45, 7) is 7.94. The van der Waals surface area contributed by atoms with Crippen LogP contribution >= 0.6 is 0 Å². The number of piperazine rings is 2. The number of amides is 3. The van der Waals surface area contributed by atoms with Crippen LogP contribution in [0.25, 0.3) is 0 Å². The lowest BCUT2D eigenvalue weighted by Gasteiger charge is -2.41. The predicted octanol–water partition coefficient (Wildman–Crippen LogP) is 1.90. The predicted molar refractivity (Wildman–Crippen MR) is 131 cm³/mol. The van der Waals surface area contributed by atoms with Crippen molar-refractivity contribution >= 4 is 17.9 Å². The molecule has 0 aromatic heterocycles. The number of alkyl halides is 6. The third-order valence-electron chi connectivity index (χ3n) is 6.24. The van der Waals surface area contributed by atoms with E-state index in [1.54, 1.807) is 27.7 Å². The van der Waals surface area contributed by atoms with Crippen LogP contribution in [0.15, 0.2) is 0 Å². The van der Waals surface area contributed by atoms with E-state index in [9.17, 15) is 45.8 Å². The highest BCUT2D eigenvalue weighted by atomic mass is 19.4. The Morgan fingerprint density at radius 1 is 0.744 bits per heavy atom. The summed E-state index contributed by atoms with van der Waals surface area (Å²) in [4.78, 5) is 41.9. The van der Waals surface area contributed by atoms with Crippen LogP contribution in [0.1, 0.15) is 34.6 Å². The zero-order valence-electron chi connectivity index (χ0n) is 23.0. The van der Waals surface area contributed by atoms with E-state index in [-0.39, 0.29) is 51.1 Å². The number of hydrogen-bond donors (Lipinski definition) is 2. The standard InChI is InChI=1S/C14H24F3N3O3.C9H16F3N3O/c1-10(20(12(22)23)13(2,3)4)11(21)19-7-5-18(6-8-19)9-14(15,16)17;1-7(13)8(16)15-4-2-14(3-5-15)6-9(10,11)12/h10H,5-9H2,1-4H3,(H,22,23);7H,2-6,13H2,1H3/t10-;7-/m00/s1. The topological polar surface area (TPSA) is 114 Å². The van der Waals surface area contributed by atoms with Gasteiger partial charge in [0.1, 0.15) is 6.04 Å². The molecule has 0 spiro atoms. The second-order valence-electron chi connectivity index (χ2n) is 10.7. The van der Waals surface area contributed by atoms with Crippen LogP contribution in [0.2, 0.25) is 0 Å². The molecule has 0 bridgehead atoms. The lowest BCUT2D eigenvalue weighted by atomic mass is 10.0. The van der Waals surface area contributed by atoms with Crippen molar-refractivity contribution in [2.75, 3.05) is 65.4 Å². The Morgan fingerprint density at radius 2 is 1.08 bits per heavy atom. The summed E-state index contributed by atoms with van der Waals surface area (Å²) < 4.78 is 73.3. The van der Waals surface area contributed by atoms with E-state index >= 15 is 0 Å². The zero-order chi connectivity index (χ0) is 30.3. The molecule has 3 amide bonds. The van der Waals surface area contributed by atoms with Gasteiger partial charge in [-0.05, 0) is 34.6 Å². The summed E-state index contributed by atoms with van der Waals surface area (Å²) in [5.74, 6) is -0.583. The molecule has 39 heavy (non-hydrogen) atoms. The molecule has 0 aromatic rings. The second-order valence-corrected chi connectivity index (χ2v) is 10.7. The molecule has 2 heterocycles. The summed E-state index contributed by atoms with van der Waals surface area (Å²) in [6, 6.07) is -1.48. The summed E-state index contributed by atoms with van der Waals surface area (Å²) in [5.41, 5.74) is 4.67. The number of rotatable bonds is 5. The monoisotopic (exact) mass is 578 g/mol. The van der Waals surface area contributed by atoms with Crippen molar-refractivity contribution in [2.24, 2.45) is 5.73 Å². The molecule has 10 nitrogen and oxygen atoms in total. The molecule has 0 unspecified atom stereocenters. The highest BCUT2D eigenvalue weighted by Gasteiger charge is 2.38. The Kier molecular flexibility index (Phi) is 12.3. The smallest absolute Gasteiger partial charge is 0.408 e. The van der Waals surface area contributed by atoms with Crippen LogP contribution in [-0.4, -0.2) is 143 Å². The van der Waals surface area contributed by atoms with Crippen LogP contribution in [-0.2, 0) is 9.59 Å². The van der Waals surface area contributed by atoms with E-state index < -0.39 is 49.2 Å². The average Bonchev–Trinajstić information content (AvgIpc) is 2.76. The van der Waals surface area contributed by atoms with Crippen molar-refractivity contribution in [3.05, 3.63) is 0 Å². The maximum atomic E-state index is 12.5. The minimum absolute atomic E-state index is 0.126. The van der Waals surface area contributed by atoms with Crippen molar-refractivity contribution in [1.82, 2.24) is 24.5 Å². The van der Waals surface area contributed by atoms with Gasteiger partial charge in [0, 0.05) is 57.9 Å². The molecule has 228 valence electrons. The lowest BCUT2D eigenvalue weighted by molar-refractivity contribution is -0.154. The lowest BCUT2D eigenvalue weighted by Crippen LogP contribution is -2.59. The second kappa shape index (κ2) is 13.8. The van der Waals surface area contributed by atoms with Crippen molar-refractivity contribution in [2.45, 2.75) is 64.6 Å². The van der Waals surface area contributed by atoms with E-state index in [2.05, 4.69) is 0 Å². The van der Waals surface area contributed by atoms with Gasteiger partial charge < -0.3 is 20.6 Å². The molecule has 0 radical (unpaired) electrons. The minimum atomic E-state index is -4.26. The summed E-state index contributed by atoms with van der Waals surface area (Å²) in [5, 5.41) is 9.32. The summed E-state index contributed by atoms with van der Waals surface area (Å²) >= 11 is 0. The fraction of sp³-hybridized carbons (Fsp3) is 0.870. The van der Waals surface area contributed by atoms with Crippen LogP contribution < -0.4 is 5.73 Å². The molecule has 2 saturated heterocycles. The Hall–Kier alpha value is -2.33. The molecule has 2 rings (SSSR count). The van der Waals surface area contributed by atoms with Crippen LogP contribution in [0.4, 0.5) is 31.1 Å². The molecule has 3 N–H and O–H groups in total. The first-order valence-electron chi connectivity index (χ1n) is 12.6. The minimum Gasteiger partial charge on any atom is -0.465 e. The van der Waals surface area contributed by atoms with E-state index in [4.69, 9.17) is 5.73 Å². The highest BCUT2D eigenvalue weighted by molar-refractivity contribution is 5.85. The Bertz CT molecular complexity index is 817. The fourth-order valence-corrected chi connectivity index (χ4v) is 4.46. The van der Waals surface area contributed by atoms with Crippen LogP contribution in [0.3, 0.4) is 0 Å². The van der Waals surface area contributed by atoms with Crippen molar-refractivity contribution in [3.8, 4) is 0 Å². The Balaban J connectivity index is 0.000000416. The molecule has 2 atom stereocenters. The molecule has 0 aliphatic carbocycles. The quantitative estimate of drug-likeness (QED) is 0.479. The van der Waals surface area contributed by atoms with Crippen molar-refractivity contribution < 1.29 is 45.8 Å². The molecular weight excluding hydrogens is 538 g/mol. The first-order valence-corrected chi connectivity index (χ1v) is 12.6. The molecule has 0 aromatic carbocycles. The van der Waals surface area contributed by atoms with E-state index in [1.807, 2.05) is 0 Å². The Morgan fingerprint density at radius 3 is 1.33 bits per heavy atom. The molecule has 2 aliphatic rings. The molecule has 16 heteroatoms. The summed E-state index contributed by atoms with van der Waals surface area (Å²) in [7, 11) is 0. The third kappa shape index (κ3) is 12.2. The largest absolute Gasteiger partial charge is 0.465 e. The van der Waals surface area contributed by atoms with E-state index in [0.29, 0.717) is 13.1 Å². The zero-order valence-corrected chi connectivity index (χ0v) is 23.0. The van der Waals surface area contributed by atoms with Gasteiger partial charge >= 0.3 is 18.4 Å². The molecular formula is C23H40F6N6O4. The third-order valence-corrected chi connectivity index (χ3v) is 6.24. The normalized spacial score (nSPS) is 19.6. The van der Waals surface area contributed by atoms with E-state index in [0.717, 1.165) is 4.90 Å². The SMILES string of the molecule is C[C@@H](C(=O)N1CCN(CC(F)(F)F)CC1)N(C(=O)O)C(C)(C)C.C[C@H](N)C(=O)N1CCN(CC(F)(F)F)CC1. The van der Waals surface area contributed by atoms with Crippen molar-refractivity contribution in [3.63, 3.8) is 0 Å². The number of nitrogens with zero attached hydrogens (tertiary/aromatic N) is 5. The van der Waals surface area contributed by atoms with Gasteiger partial charge in [0.15, 0.2) is 0 Å². The fourth-order valence-electron chi connectivity index (χ4n) is 4.46. The summed E-state index contributed by atoms with van der Waals surface area (Å²) in [6.07, 6.45) is -9.63. The molecule has 2 aliphatic heterocycles. The highest BCUT2D eigenvalue weighted by Crippen LogP contribution is 2.21. The first kappa shape index (κ1) is 34.7. The van der Waals surface area contributed by atoms with Gasteiger partial charge in [0.2, 0.25) is 11.8 Å². The van der Waals surface area contributed by atoms with Gasteiger partial charge in [0.25, 0.3) is 0 Å². The van der Waals surface area contributed by atoms with Crippen molar-refractivity contribution in [1.29, 1.82) is 0 Å².